The maximum Gasteiger partial charge on any atom is 0.407 e. The molecule has 1 heterocycles. The highest BCUT2D eigenvalue weighted by atomic mass is 19.4. The average molecular weight is 482 g/mol. The minimum atomic E-state index is -4.91. The van der Waals surface area contributed by atoms with E-state index in [9.17, 15) is 26.3 Å². The summed E-state index contributed by atoms with van der Waals surface area (Å²) >= 11 is 0. The highest BCUT2D eigenvalue weighted by molar-refractivity contribution is 5.62. The van der Waals surface area contributed by atoms with Gasteiger partial charge in [-0.05, 0) is 23.1 Å². The van der Waals surface area contributed by atoms with Crippen LogP contribution in [0.25, 0.3) is 16.2 Å². The minimum absolute atomic E-state index is 0.0862. The summed E-state index contributed by atoms with van der Waals surface area (Å²) in [6.45, 7) is 10.9. The number of benzene rings is 2. The van der Waals surface area contributed by atoms with E-state index in [1.54, 1.807) is 12.1 Å². The molecule has 0 spiro atoms. The number of nitrogens with zero attached hydrogens (tertiary/aromatic N) is 4. The molecule has 34 heavy (non-hydrogen) atoms. The highest BCUT2D eigenvalue weighted by Gasteiger charge is 2.36. The Balaban J connectivity index is 1.92. The van der Waals surface area contributed by atoms with Gasteiger partial charge in [0.25, 0.3) is 0 Å². The summed E-state index contributed by atoms with van der Waals surface area (Å²) in [5.41, 5.74) is -0.867. The summed E-state index contributed by atoms with van der Waals surface area (Å²) < 4.78 is 84.6. The fraction of sp³-hybridized carbons (Fsp3) is 0.348. The van der Waals surface area contributed by atoms with E-state index in [1.807, 2.05) is 32.9 Å². The Hall–Kier alpha value is -3.55. The molecular formula is C23H20F6N4O. The lowest BCUT2D eigenvalue weighted by Gasteiger charge is -2.25. The molecule has 0 bridgehead atoms. The van der Waals surface area contributed by atoms with Gasteiger partial charge in [0.1, 0.15) is 6.54 Å². The second-order valence-electron chi connectivity index (χ2n) is 8.62. The Morgan fingerprint density at radius 2 is 1.62 bits per heavy atom. The quantitative estimate of drug-likeness (QED) is 0.286. The van der Waals surface area contributed by atoms with E-state index in [0.717, 1.165) is 17.7 Å². The van der Waals surface area contributed by atoms with Crippen molar-refractivity contribution in [3.8, 4) is 11.4 Å². The summed E-state index contributed by atoms with van der Waals surface area (Å²) in [4.78, 5) is 7.56. The number of anilines is 1. The van der Waals surface area contributed by atoms with Gasteiger partial charge in [-0.2, -0.15) is 31.3 Å². The number of halogens is 6. The van der Waals surface area contributed by atoms with E-state index in [2.05, 4.69) is 15.0 Å². The molecule has 0 aliphatic heterocycles. The van der Waals surface area contributed by atoms with Gasteiger partial charge >= 0.3 is 12.4 Å². The standard InChI is InChI=1S/C23H20F6N4O/c1-21(2,3)15-7-5-14(6-8-15)20-31-19(34-32-20)12-33(13-22(24,25)26)16-9-10-18(30-4)17(11-16)23(27,28)29/h5-11H,12-13H2,1-3H3. The predicted octanol–water partition coefficient (Wildman–Crippen LogP) is 7.17. The monoisotopic (exact) mass is 482 g/mol. The average Bonchev–Trinajstić information content (AvgIpc) is 3.19. The molecule has 11 heteroatoms. The van der Waals surface area contributed by atoms with E-state index in [4.69, 9.17) is 11.1 Å². The topological polar surface area (TPSA) is 46.5 Å². The smallest absolute Gasteiger partial charge is 0.353 e. The van der Waals surface area contributed by atoms with Crippen molar-refractivity contribution in [3.63, 3.8) is 0 Å². The van der Waals surface area contributed by atoms with Crippen LogP contribution in [-0.2, 0) is 18.1 Å². The molecule has 0 aliphatic carbocycles. The summed E-state index contributed by atoms with van der Waals surface area (Å²) in [5, 5.41) is 3.79. The van der Waals surface area contributed by atoms with Crippen molar-refractivity contribution < 1.29 is 30.9 Å². The normalized spacial score (nSPS) is 12.5. The Bertz CT molecular complexity index is 1180. The third-order valence-electron chi connectivity index (χ3n) is 4.94. The molecule has 0 N–H and O–H groups in total. The predicted molar refractivity (Wildman–Crippen MR) is 113 cm³/mol. The van der Waals surface area contributed by atoms with Crippen LogP contribution in [-0.4, -0.2) is 22.9 Å². The fourth-order valence-corrected chi connectivity index (χ4v) is 3.22. The minimum Gasteiger partial charge on any atom is -0.353 e. The lowest BCUT2D eigenvalue weighted by Crippen LogP contribution is -2.34. The van der Waals surface area contributed by atoms with Crippen LogP contribution in [0.3, 0.4) is 0 Å². The van der Waals surface area contributed by atoms with Gasteiger partial charge in [-0.15, -0.1) is 0 Å². The van der Waals surface area contributed by atoms with Crippen LogP contribution in [0.2, 0.25) is 0 Å². The van der Waals surface area contributed by atoms with Crippen LogP contribution in [0.15, 0.2) is 47.0 Å². The molecule has 0 aliphatic rings. The van der Waals surface area contributed by atoms with Gasteiger partial charge in [-0.1, -0.05) is 56.3 Å². The number of hydrogen-bond donors (Lipinski definition) is 0. The van der Waals surface area contributed by atoms with Crippen LogP contribution >= 0.6 is 0 Å². The molecule has 3 aromatic rings. The number of alkyl halides is 6. The van der Waals surface area contributed by atoms with Gasteiger partial charge in [-0.3, -0.25) is 0 Å². The van der Waals surface area contributed by atoms with Gasteiger partial charge in [0.2, 0.25) is 11.7 Å². The Kier molecular flexibility index (Phi) is 6.64. The van der Waals surface area contributed by atoms with E-state index < -0.39 is 36.7 Å². The molecule has 5 nitrogen and oxygen atoms in total. The van der Waals surface area contributed by atoms with Crippen molar-refractivity contribution in [3.05, 3.63) is 70.9 Å². The van der Waals surface area contributed by atoms with Crippen LogP contribution in [0.4, 0.5) is 37.7 Å². The van der Waals surface area contributed by atoms with E-state index in [1.165, 1.54) is 0 Å². The maximum absolute atomic E-state index is 13.3. The third kappa shape index (κ3) is 6.07. The van der Waals surface area contributed by atoms with Crippen LogP contribution in [0.5, 0.6) is 0 Å². The van der Waals surface area contributed by atoms with Gasteiger partial charge in [0.05, 0.1) is 18.7 Å². The zero-order valence-corrected chi connectivity index (χ0v) is 18.4. The molecule has 180 valence electrons. The molecule has 1 aromatic heterocycles. The first-order valence-electron chi connectivity index (χ1n) is 10.0. The number of hydrogen-bond acceptors (Lipinski definition) is 4. The van der Waals surface area contributed by atoms with E-state index in [0.29, 0.717) is 16.5 Å². The van der Waals surface area contributed by atoms with Crippen molar-refractivity contribution in [2.45, 2.75) is 45.1 Å². The van der Waals surface area contributed by atoms with Gasteiger partial charge in [0.15, 0.2) is 5.69 Å². The van der Waals surface area contributed by atoms with Crippen LogP contribution < -0.4 is 4.90 Å². The molecule has 0 amide bonds. The summed E-state index contributed by atoms with van der Waals surface area (Å²) in [5.74, 6) is -0.0660. The molecule has 2 aromatic carbocycles. The molecule has 0 radical (unpaired) electrons. The van der Waals surface area contributed by atoms with Crippen molar-refractivity contribution >= 4 is 11.4 Å². The van der Waals surface area contributed by atoms with Crippen molar-refractivity contribution in [1.29, 1.82) is 0 Å². The first-order valence-corrected chi connectivity index (χ1v) is 10.0. The molecule has 0 unspecified atom stereocenters. The van der Waals surface area contributed by atoms with E-state index in [-0.39, 0.29) is 22.8 Å². The number of aromatic nitrogens is 2. The summed E-state index contributed by atoms with van der Waals surface area (Å²) in [6.07, 6.45) is -9.63. The molecule has 0 fully saturated rings. The van der Waals surface area contributed by atoms with Crippen molar-refractivity contribution in [2.75, 3.05) is 11.4 Å². The Morgan fingerprint density at radius 3 is 2.15 bits per heavy atom. The van der Waals surface area contributed by atoms with Crippen LogP contribution in [0, 0.1) is 6.57 Å². The van der Waals surface area contributed by atoms with Crippen molar-refractivity contribution in [2.24, 2.45) is 0 Å². The van der Waals surface area contributed by atoms with E-state index >= 15 is 0 Å². The number of rotatable bonds is 5. The fourth-order valence-electron chi connectivity index (χ4n) is 3.22. The summed E-state index contributed by atoms with van der Waals surface area (Å²) in [6, 6.07) is 9.63. The SMILES string of the molecule is [C-]#[N+]c1ccc(N(Cc2nc(-c3ccc(C(C)(C)C)cc3)no2)CC(F)(F)F)cc1C(F)(F)F. The van der Waals surface area contributed by atoms with Gasteiger partial charge in [-0.25, -0.2) is 4.85 Å². The first-order chi connectivity index (χ1) is 15.7. The van der Waals surface area contributed by atoms with Gasteiger partial charge < -0.3 is 9.42 Å². The lowest BCUT2D eigenvalue weighted by atomic mass is 9.87. The highest BCUT2D eigenvalue weighted by Crippen LogP contribution is 2.39. The molecule has 0 saturated carbocycles. The second-order valence-corrected chi connectivity index (χ2v) is 8.62. The second kappa shape index (κ2) is 9.00. The largest absolute Gasteiger partial charge is 0.407 e. The molecule has 0 saturated heterocycles. The summed E-state index contributed by atoms with van der Waals surface area (Å²) in [7, 11) is 0. The molecule has 0 atom stereocenters. The van der Waals surface area contributed by atoms with Crippen LogP contribution in [0.1, 0.15) is 37.8 Å². The van der Waals surface area contributed by atoms with Gasteiger partial charge in [0, 0.05) is 11.3 Å². The lowest BCUT2D eigenvalue weighted by molar-refractivity contribution is -0.136. The third-order valence-corrected chi connectivity index (χ3v) is 4.94. The van der Waals surface area contributed by atoms with Crippen molar-refractivity contribution in [1.82, 2.24) is 10.1 Å². The molecule has 3 rings (SSSR count). The zero-order chi connectivity index (χ0) is 25.3. The molecular weight excluding hydrogens is 462 g/mol. The first kappa shape index (κ1) is 25.1. The maximum atomic E-state index is 13.3. The Labute approximate surface area is 191 Å². The zero-order valence-electron chi connectivity index (χ0n) is 18.4. The Morgan fingerprint density at radius 1 is 0.971 bits per heavy atom.